The van der Waals surface area contributed by atoms with E-state index in [1.54, 1.807) is 0 Å². The van der Waals surface area contributed by atoms with Crippen LogP contribution < -0.4 is 15.4 Å². The maximum atomic E-state index is 12.3. The molecule has 23 heavy (non-hydrogen) atoms. The molecule has 2 N–H and O–H groups in total. The fourth-order valence-corrected chi connectivity index (χ4v) is 3.17. The van der Waals surface area contributed by atoms with Crippen LogP contribution in [0.15, 0.2) is 10.7 Å². The molecule has 0 atom stereocenters. The fourth-order valence-electron chi connectivity index (χ4n) is 2.60. The predicted molar refractivity (Wildman–Crippen MR) is 88.9 cm³/mol. The van der Waals surface area contributed by atoms with Crippen LogP contribution in [0.3, 0.4) is 0 Å². The lowest BCUT2D eigenvalue weighted by atomic mass is 10.1. The Morgan fingerprint density at radius 2 is 2.17 bits per heavy atom. The lowest BCUT2D eigenvalue weighted by Crippen LogP contribution is -2.39. The first kappa shape index (κ1) is 15.9. The fraction of sp³-hybridized carbons (Fsp3) is 0.286. The number of aryl methyl sites for hydroxylation is 1. The van der Waals surface area contributed by atoms with Crippen LogP contribution >= 0.6 is 27.5 Å². The summed E-state index contributed by atoms with van der Waals surface area (Å²) in [5.41, 5.74) is 8.20. The number of amides is 1. The smallest absolute Gasteiger partial charge is 0.233 e. The van der Waals surface area contributed by atoms with Gasteiger partial charge in [0.1, 0.15) is 17.5 Å². The third kappa shape index (κ3) is 2.61. The molecule has 3 rings (SSSR count). The number of hydrogen-bond donors (Lipinski definition) is 1. The maximum absolute atomic E-state index is 12.3. The van der Waals surface area contributed by atoms with Crippen molar-refractivity contribution in [3.63, 3.8) is 0 Å². The van der Waals surface area contributed by atoms with Crippen molar-refractivity contribution in [1.82, 2.24) is 9.97 Å². The second kappa shape index (κ2) is 5.61. The normalized spacial score (nSPS) is 13.6. The number of hydrogen-bond acceptors (Lipinski definition) is 5. The van der Waals surface area contributed by atoms with Crippen LogP contribution in [-0.4, -0.2) is 15.9 Å². The summed E-state index contributed by atoms with van der Waals surface area (Å²) in [6.45, 7) is 3.75. The molecule has 0 saturated heterocycles. The van der Waals surface area contributed by atoms with E-state index < -0.39 is 0 Å². The first-order valence-electron chi connectivity index (χ1n) is 6.79. The highest BCUT2D eigenvalue weighted by atomic mass is 79.9. The van der Waals surface area contributed by atoms with Crippen LogP contribution in [0.4, 0.5) is 11.8 Å². The van der Waals surface area contributed by atoms with Crippen LogP contribution in [0.2, 0.25) is 5.15 Å². The lowest BCUT2D eigenvalue weighted by molar-refractivity contribution is -0.614. The van der Waals surface area contributed by atoms with Crippen molar-refractivity contribution >= 4 is 45.2 Å². The number of nitrogens with zero attached hydrogens (tertiary/aromatic N) is 4. The van der Waals surface area contributed by atoms with Crippen LogP contribution in [0.5, 0.6) is 0 Å². The summed E-state index contributed by atoms with van der Waals surface area (Å²) in [5, 5.41) is 12.4. The van der Waals surface area contributed by atoms with E-state index in [1.807, 2.05) is 13.8 Å². The van der Waals surface area contributed by atoms with Gasteiger partial charge < -0.3 is 10.9 Å². The molecule has 0 aromatic carbocycles. The first-order valence-corrected chi connectivity index (χ1v) is 7.96. The Morgan fingerprint density at radius 1 is 1.48 bits per heavy atom. The third-order valence-electron chi connectivity index (χ3n) is 3.83. The molecule has 1 amide bonds. The molecular weight excluding hydrogens is 386 g/mol. The van der Waals surface area contributed by atoms with Gasteiger partial charge in [0, 0.05) is 21.2 Å². The Morgan fingerprint density at radius 3 is 2.87 bits per heavy atom. The monoisotopic (exact) mass is 397 g/mol. The van der Waals surface area contributed by atoms with Crippen molar-refractivity contribution in [2.24, 2.45) is 0 Å². The average molecular weight is 399 g/mol. The molecule has 1 aliphatic heterocycles. The molecule has 0 fully saturated rings. The van der Waals surface area contributed by atoms with Gasteiger partial charge >= 0.3 is 0 Å². The summed E-state index contributed by atoms with van der Waals surface area (Å²) in [4.78, 5) is 21.7. The van der Waals surface area contributed by atoms with Gasteiger partial charge in [0.05, 0.1) is 6.42 Å². The van der Waals surface area contributed by atoms with E-state index in [9.17, 15) is 10.0 Å². The highest BCUT2D eigenvalue weighted by molar-refractivity contribution is 9.10. The van der Waals surface area contributed by atoms with Gasteiger partial charge in [-0.1, -0.05) is 11.6 Å². The zero-order valence-electron chi connectivity index (χ0n) is 12.4. The second-order valence-electron chi connectivity index (χ2n) is 5.36. The molecule has 0 bridgehead atoms. The number of nitrogen functional groups attached to an aromatic ring is 1. The highest BCUT2D eigenvalue weighted by Gasteiger charge is 2.34. The van der Waals surface area contributed by atoms with Gasteiger partial charge in [0.2, 0.25) is 17.5 Å². The average Bonchev–Trinajstić information content (AvgIpc) is 2.78. The molecule has 0 aliphatic carbocycles. The minimum Gasteiger partial charge on any atom is -0.618 e. The summed E-state index contributed by atoms with van der Waals surface area (Å²) < 4.78 is 1.61. The molecule has 0 unspecified atom stereocenters. The number of fused-ring (bicyclic) bond motifs is 1. The minimum absolute atomic E-state index is 0.00902. The van der Waals surface area contributed by atoms with Gasteiger partial charge in [-0.25, -0.2) is 4.98 Å². The molecule has 9 heteroatoms. The van der Waals surface area contributed by atoms with Crippen molar-refractivity contribution in [2.75, 3.05) is 10.6 Å². The van der Waals surface area contributed by atoms with E-state index in [0.717, 1.165) is 20.3 Å². The molecule has 0 saturated carbocycles. The van der Waals surface area contributed by atoms with Gasteiger partial charge in [0.25, 0.3) is 0 Å². The number of halogens is 2. The topological polar surface area (TPSA) is 99.0 Å². The third-order valence-corrected chi connectivity index (χ3v) is 5.36. The van der Waals surface area contributed by atoms with Crippen LogP contribution in [0.25, 0.3) is 0 Å². The van der Waals surface area contributed by atoms with Crippen molar-refractivity contribution < 1.29 is 9.52 Å². The van der Waals surface area contributed by atoms with E-state index in [-0.39, 0.29) is 30.0 Å². The highest BCUT2D eigenvalue weighted by Crippen LogP contribution is 2.33. The molecule has 2 aromatic heterocycles. The molecular formula is C14H13BrClN5O2. The van der Waals surface area contributed by atoms with E-state index in [0.29, 0.717) is 17.1 Å². The Labute approximate surface area is 145 Å². The zero-order chi connectivity index (χ0) is 16.9. The number of nitrogens with two attached hydrogens (primary N) is 1. The van der Waals surface area contributed by atoms with Crippen LogP contribution in [0, 0.1) is 19.1 Å². The SMILES string of the molecule is Cc1c[n+]([O-])c(CN2C(=O)Cc3c(Cl)nc(N)nc32)c(C)c1Br. The molecule has 0 spiro atoms. The van der Waals surface area contributed by atoms with Gasteiger partial charge in [-0.05, 0) is 29.8 Å². The van der Waals surface area contributed by atoms with Gasteiger partial charge in [-0.3, -0.25) is 9.69 Å². The zero-order valence-corrected chi connectivity index (χ0v) is 14.8. The largest absolute Gasteiger partial charge is 0.618 e. The van der Waals surface area contributed by atoms with E-state index in [4.69, 9.17) is 17.3 Å². The van der Waals surface area contributed by atoms with Crippen LogP contribution in [0.1, 0.15) is 22.4 Å². The number of carbonyl (C=O) groups is 1. The Hall–Kier alpha value is -1.93. The Kier molecular flexibility index (Phi) is 3.89. The lowest BCUT2D eigenvalue weighted by Gasteiger charge is -2.18. The molecule has 3 heterocycles. The Bertz CT molecular complexity index is 843. The number of pyridine rings is 1. The summed E-state index contributed by atoms with van der Waals surface area (Å²) in [7, 11) is 0. The van der Waals surface area contributed by atoms with Gasteiger partial charge in [-0.2, -0.15) is 9.71 Å². The summed E-state index contributed by atoms with van der Waals surface area (Å²) in [5.74, 6) is 0.159. The predicted octanol–water partition coefficient (Wildman–Crippen LogP) is 1.81. The molecule has 1 aliphatic rings. The number of aromatic nitrogens is 3. The number of anilines is 2. The minimum atomic E-state index is -0.196. The first-order chi connectivity index (χ1) is 10.8. The van der Waals surface area contributed by atoms with Crippen molar-refractivity contribution in [3.05, 3.63) is 43.4 Å². The molecule has 0 radical (unpaired) electrons. The summed E-state index contributed by atoms with van der Waals surface area (Å²) in [6, 6.07) is 0. The van der Waals surface area contributed by atoms with Crippen molar-refractivity contribution in [1.29, 1.82) is 0 Å². The standard InChI is InChI=1S/C14H13BrClN5O2/c1-6-4-21(23)9(7(2)11(6)15)5-20-10(22)3-8-12(16)18-14(17)19-13(8)20/h4H,3,5H2,1-2H3,(H2,17,18,19). The van der Waals surface area contributed by atoms with Crippen molar-refractivity contribution in [3.8, 4) is 0 Å². The number of carbonyl (C=O) groups excluding carboxylic acids is 1. The second-order valence-corrected chi connectivity index (χ2v) is 6.51. The van der Waals surface area contributed by atoms with E-state index in [1.165, 1.54) is 11.1 Å². The molecule has 7 nitrogen and oxygen atoms in total. The van der Waals surface area contributed by atoms with Gasteiger partial charge in [-0.15, -0.1) is 0 Å². The summed E-state index contributed by atoms with van der Waals surface area (Å²) >= 11 is 9.49. The Balaban J connectivity index is 2.07. The van der Waals surface area contributed by atoms with Gasteiger partial charge in [0.15, 0.2) is 6.20 Å². The molecule has 120 valence electrons. The quantitative estimate of drug-likeness (QED) is 0.472. The maximum Gasteiger partial charge on any atom is 0.233 e. The summed E-state index contributed by atoms with van der Waals surface area (Å²) in [6.07, 6.45) is 1.56. The van der Waals surface area contributed by atoms with Crippen LogP contribution in [-0.2, 0) is 17.8 Å². The number of rotatable bonds is 2. The molecule has 2 aromatic rings. The van der Waals surface area contributed by atoms with E-state index >= 15 is 0 Å². The van der Waals surface area contributed by atoms with E-state index in [2.05, 4.69) is 25.9 Å². The van der Waals surface area contributed by atoms with Crippen molar-refractivity contribution in [2.45, 2.75) is 26.8 Å².